The molecule has 15 heteroatoms. The predicted molar refractivity (Wildman–Crippen MR) is 131 cm³/mol. The third-order valence-corrected chi connectivity index (χ3v) is 7.04. The van der Waals surface area contributed by atoms with Gasteiger partial charge >= 0.3 is 0 Å². The summed E-state index contributed by atoms with van der Waals surface area (Å²) in [6.07, 6.45) is -1.87. The van der Waals surface area contributed by atoms with Gasteiger partial charge in [0.15, 0.2) is 11.4 Å². The lowest BCUT2D eigenvalue weighted by molar-refractivity contribution is -0.173. The highest BCUT2D eigenvalue weighted by Crippen LogP contribution is 2.56. The molecule has 4 rings (SSSR count). The third kappa shape index (κ3) is 4.54. The molecule has 0 radical (unpaired) electrons. The first-order valence-electron chi connectivity index (χ1n) is 11.0. The van der Waals surface area contributed by atoms with Crippen LogP contribution in [-0.4, -0.2) is 107 Å². The molecule has 0 spiro atoms. The zero-order chi connectivity index (χ0) is 28.4. The van der Waals surface area contributed by atoms with E-state index in [1.807, 2.05) is 0 Å². The highest BCUT2D eigenvalue weighted by Gasteiger charge is 2.69. The standard InChI is InChI=1S/C22H24N2O9.C2H4O2.2H2O/c1-21(32)7-5-4-6-8(25)9(7)15(26)10-12(21)17(28)13-14(24(2)3)16(27)11(20(23)31)19(30)22(13,33)18(10)29;1-2(3)4;;/h4-6,12-14,17,25,27-29,32-33H,1-3H3,(H2,23,31);1H3,(H,3,4);2*1H2/t12-,13-,14+,17+,21-,22+;;;/m1.../s1. The van der Waals surface area contributed by atoms with Crippen molar-refractivity contribution in [3.63, 3.8) is 0 Å². The zero-order valence-corrected chi connectivity index (χ0v) is 21.3. The van der Waals surface area contributed by atoms with Gasteiger partial charge in [-0.1, -0.05) is 12.1 Å². The fourth-order valence-corrected chi connectivity index (χ4v) is 5.60. The van der Waals surface area contributed by atoms with Crippen LogP contribution < -0.4 is 5.73 Å². The number of carboxylic acid groups (broad SMARTS) is 1. The molecule has 3 aliphatic carbocycles. The Kier molecular flexibility index (Phi) is 9.12. The van der Waals surface area contributed by atoms with Crippen LogP contribution in [0.3, 0.4) is 0 Å². The normalized spacial score (nSPS) is 31.1. The summed E-state index contributed by atoms with van der Waals surface area (Å²) in [5.74, 6) is -10.5. The molecule has 216 valence electrons. The highest BCUT2D eigenvalue weighted by atomic mass is 16.4. The number of Topliss-reactive ketones (excluding diaryl/α,β-unsaturated/α-hetero) is 2. The Morgan fingerprint density at radius 3 is 2.03 bits per heavy atom. The lowest BCUT2D eigenvalue weighted by Crippen LogP contribution is -2.70. The highest BCUT2D eigenvalue weighted by molar-refractivity contribution is 6.25. The number of aromatic hydroxyl groups is 1. The summed E-state index contributed by atoms with van der Waals surface area (Å²) >= 11 is 0. The molecule has 0 heterocycles. The zero-order valence-electron chi connectivity index (χ0n) is 21.3. The maximum atomic E-state index is 13.3. The number of aliphatic hydroxyl groups is 5. The molecule has 0 aliphatic heterocycles. The number of nitrogens with zero attached hydrogens (tertiary/aromatic N) is 1. The minimum absolute atomic E-state index is 0. The summed E-state index contributed by atoms with van der Waals surface area (Å²) in [6, 6.07) is 2.54. The topological polar surface area (TPSA) is 302 Å². The number of aliphatic carboxylic acids is 1. The fourth-order valence-electron chi connectivity index (χ4n) is 5.60. The Labute approximate surface area is 221 Å². The van der Waals surface area contributed by atoms with Crippen molar-refractivity contribution < 1.29 is 65.9 Å². The van der Waals surface area contributed by atoms with E-state index in [4.69, 9.17) is 15.6 Å². The van der Waals surface area contributed by atoms with Crippen LogP contribution in [0.2, 0.25) is 0 Å². The number of nitrogens with two attached hydrogens (primary N) is 1. The Morgan fingerprint density at radius 1 is 1.05 bits per heavy atom. The van der Waals surface area contributed by atoms with Gasteiger partial charge in [0, 0.05) is 6.92 Å². The maximum absolute atomic E-state index is 13.3. The van der Waals surface area contributed by atoms with E-state index in [0.29, 0.717) is 0 Å². The van der Waals surface area contributed by atoms with Crippen LogP contribution in [0, 0.1) is 11.8 Å². The summed E-state index contributed by atoms with van der Waals surface area (Å²) in [4.78, 5) is 48.8. The van der Waals surface area contributed by atoms with Gasteiger partial charge in [-0.15, -0.1) is 0 Å². The van der Waals surface area contributed by atoms with E-state index in [0.717, 1.165) is 6.92 Å². The van der Waals surface area contributed by atoms with Crippen LogP contribution in [0.25, 0.3) is 0 Å². The number of benzene rings is 1. The molecule has 0 aromatic heterocycles. The van der Waals surface area contributed by atoms with Crippen molar-refractivity contribution in [2.45, 2.75) is 37.2 Å². The number of fused-ring (bicyclic) bond motifs is 3. The molecule has 1 aromatic rings. The molecular weight excluding hydrogens is 524 g/mol. The quantitative estimate of drug-likeness (QED) is 0.171. The van der Waals surface area contributed by atoms with Gasteiger partial charge in [-0.2, -0.15) is 0 Å². The van der Waals surface area contributed by atoms with Gasteiger partial charge in [-0.3, -0.25) is 24.1 Å². The Morgan fingerprint density at radius 2 is 1.56 bits per heavy atom. The average Bonchev–Trinajstić information content (AvgIpc) is 2.75. The smallest absolute Gasteiger partial charge is 0.300 e. The number of carboxylic acids is 1. The van der Waals surface area contributed by atoms with Gasteiger partial charge in [0.05, 0.1) is 40.7 Å². The number of hydrogen-bond donors (Lipinski definition) is 8. The molecule has 0 saturated heterocycles. The molecule has 13 N–H and O–H groups in total. The van der Waals surface area contributed by atoms with E-state index in [-0.39, 0.29) is 22.1 Å². The van der Waals surface area contributed by atoms with Crippen molar-refractivity contribution in [2.24, 2.45) is 17.6 Å². The molecule has 0 bridgehead atoms. The third-order valence-electron chi connectivity index (χ3n) is 7.04. The summed E-state index contributed by atoms with van der Waals surface area (Å²) in [5, 5.41) is 73.9. The molecule has 39 heavy (non-hydrogen) atoms. The van der Waals surface area contributed by atoms with Crippen molar-refractivity contribution in [2.75, 3.05) is 14.1 Å². The molecule has 0 fully saturated rings. The lowest BCUT2D eigenvalue weighted by atomic mass is 9.54. The molecule has 0 saturated carbocycles. The molecule has 6 atom stereocenters. The summed E-state index contributed by atoms with van der Waals surface area (Å²) in [6.45, 7) is 2.34. The number of hydrogen-bond acceptors (Lipinski definition) is 11. The fraction of sp³-hybridized carbons (Fsp3) is 0.417. The van der Waals surface area contributed by atoms with Gasteiger partial charge in [0.2, 0.25) is 5.78 Å². The second-order valence-corrected chi connectivity index (χ2v) is 9.58. The molecular formula is C24H32N2O13. The van der Waals surface area contributed by atoms with Gasteiger partial charge in [-0.25, -0.2) is 0 Å². The SMILES string of the molecule is CC(=O)O.CN(C)[C@@H]1C(O)=C(C(N)=O)C(=O)[C@@]2(O)C(O)=C3C(=O)c4c(O)cccc4[C@@](C)(O)[C@H]3[C@H](O)[C@@H]12.O.O. The van der Waals surface area contributed by atoms with Gasteiger partial charge in [-0.05, 0) is 32.6 Å². The van der Waals surface area contributed by atoms with Crippen LogP contribution in [0.15, 0.2) is 40.9 Å². The Bertz CT molecular complexity index is 1280. The van der Waals surface area contributed by atoms with Crippen LogP contribution in [0.5, 0.6) is 5.75 Å². The van der Waals surface area contributed by atoms with E-state index in [9.17, 15) is 45.0 Å². The molecule has 0 unspecified atom stereocenters. The first kappa shape index (κ1) is 33.2. The Hall–Kier alpha value is -3.86. The minimum atomic E-state index is -3.02. The van der Waals surface area contributed by atoms with Crippen LogP contribution in [0.1, 0.15) is 29.8 Å². The molecule has 3 aliphatic rings. The van der Waals surface area contributed by atoms with Crippen molar-refractivity contribution >= 4 is 23.4 Å². The number of carbonyl (C=O) groups excluding carboxylic acids is 3. The van der Waals surface area contributed by atoms with Gasteiger partial charge in [0.25, 0.3) is 11.9 Å². The minimum Gasteiger partial charge on any atom is -0.510 e. The Balaban J connectivity index is 0.00000119. The number of aliphatic hydroxyl groups excluding tert-OH is 3. The van der Waals surface area contributed by atoms with Crippen molar-refractivity contribution in [3.05, 3.63) is 52.0 Å². The number of primary amides is 1. The number of ketones is 2. The monoisotopic (exact) mass is 556 g/mol. The first-order valence-corrected chi connectivity index (χ1v) is 11.0. The number of phenolic OH excluding ortho intramolecular Hbond substituents is 1. The number of carbonyl (C=O) groups is 4. The number of phenols is 1. The van der Waals surface area contributed by atoms with Crippen molar-refractivity contribution in [1.29, 1.82) is 0 Å². The van der Waals surface area contributed by atoms with E-state index in [2.05, 4.69) is 0 Å². The molecule has 15 nitrogen and oxygen atoms in total. The van der Waals surface area contributed by atoms with Crippen LogP contribution in [0.4, 0.5) is 0 Å². The summed E-state index contributed by atoms with van der Waals surface area (Å²) in [7, 11) is 2.85. The van der Waals surface area contributed by atoms with Gasteiger partial charge in [0.1, 0.15) is 22.8 Å². The van der Waals surface area contributed by atoms with Gasteiger partial charge < -0.3 is 52.4 Å². The van der Waals surface area contributed by atoms with Crippen molar-refractivity contribution in [3.8, 4) is 5.75 Å². The summed E-state index contributed by atoms with van der Waals surface area (Å²) in [5.41, 5.74) is -1.88. The first-order chi connectivity index (χ1) is 16.9. The number of amides is 1. The lowest BCUT2D eigenvalue weighted by Gasteiger charge is -2.55. The average molecular weight is 557 g/mol. The number of rotatable bonds is 2. The van der Waals surface area contributed by atoms with E-state index in [1.165, 1.54) is 44.1 Å². The van der Waals surface area contributed by atoms with Crippen LogP contribution >= 0.6 is 0 Å². The van der Waals surface area contributed by atoms with Crippen LogP contribution in [-0.2, 0) is 20.0 Å². The number of likely N-dealkylation sites (N-methyl/N-ethyl adjacent to an activating group) is 1. The van der Waals surface area contributed by atoms with Crippen molar-refractivity contribution in [1.82, 2.24) is 4.90 Å². The van der Waals surface area contributed by atoms with E-state index >= 15 is 0 Å². The largest absolute Gasteiger partial charge is 0.510 e. The predicted octanol–water partition coefficient (Wildman–Crippen LogP) is -2.80. The second kappa shape index (κ2) is 10.7. The van der Waals surface area contributed by atoms with E-state index in [1.54, 1.807) is 0 Å². The molecule has 1 aromatic carbocycles. The molecule has 1 amide bonds. The summed E-state index contributed by atoms with van der Waals surface area (Å²) < 4.78 is 0. The van der Waals surface area contributed by atoms with E-state index < -0.39 is 87.0 Å². The maximum Gasteiger partial charge on any atom is 0.300 e. The second-order valence-electron chi connectivity index (χ2n) is 9.58.